The van der Waals surface area contributed by atoms with Crippen molar-refractivity contribution in [2.45, 2.75) is 6.42 Å². The van der Waals surface area contributed by atoms with Gasteiger partial charge in [0, 0.05) is 12.6 Å². The number of H-pyrrole nitrogens is 1. The van der Waals surface area contributed by atoms with E-state index in [-0.39, 0.29) is 0 Å². The Morgan fingerprint density at radius 2 is 2.67 bits per heavy atom. The van der Waals surface area contributed by atoms with Crippen molar-refractivity contribution in [2.75, 3.05) is 6.54 Å². The summed E-state index contributed by atoms with van der Waals surface area (Å²) in [5.41, 5.74) is 6.12. The van der Waals surface area contributed by atoms with E-state index < -0.39 is 0 Å². The van der Waals surface area contributed by atoms with Crippen LogP contribution in [0.15, 0.2) is 6.20 Å². The van der Waals surface area contributed by atoms with E-state index in [1.54, 1.807) is 6.20 Å². The van der Waals surface area contributed by atoms with Gasteiger partial charge in [-0.25, -0.2) is 0 Å². The maximum absolute atomic E-state index is 5.26. The van der Waals surface area contributed by atoms with Crippen molar-refractivity contribution in [1.82, 2.24) is 15.4 Å². The van der Waals surface area contributed by atoms with Gasteiger partial charge in [0.15, 0.2) is 0 Å². The Morgan fingerprint density at radius 3 is 3.22 bits per heavy atom. The fourth-order valence-corrected chi connectivity index (χ4v) is 0.541. The van der Waals surface area contributed by atoms with E-state index in [2.05, 4.69) is 15.4 Å². The maximum Gasteiger partial charge on any atom is 0.0862 e. The van der Waals surface area contributed by atoms with Crippen LogP contribution in [-0.2, 0) is 0 Å². The molecule has 0 spiro atoms. The molecule has 1 aromatic heterocycles. The minimum absolute atomic E-state index is 0.660. The van der Waals surface area contributed by atoms with Crippen LogP contribution in [0.25, 0.3) is 0 Å². The second kappa shape index (κ2) is 3.19. The Bertz CT molecular complexity index is 146. The summed E-state index contributed by atoms with van der Waals surface area (Å²) in [5.74, 6) is 0. The first kappa shape index (κ1) is 6.22. The topological polar surface area (TPSA) is 67.6 Å². The SMILES string of the molecule is NCC[CH]c1c[nH]nn1. The molecule has 0 aliphatic heterocycles. The second-order valence-corrected chi connectivity index (χ2v) is 1.68. The van der Waals surface area contributed by atoms with Gasteiger partial charge in [0.2, 0.25) is 0 Å². The summed E-state index contributed by atoms with van der Waals surface area (Å²) in [5, 5.41) is 9.87. The molecular formula is C5H9N4. The van der Waals surface area contributed by atoms with E-state index >= 15 is 0 Å². The molecule has 49 valence electrons. The van der Waals surface area contributed by atoms with Gasteiger partial charge in [0.1, 0.15) is 0 Å². The third-order valence-electron chi connectivity index (χ3n) is 0.956. The molecule has 4 nitrogen and oxygen atoms in total. The van der Waals surface area contributed by atoms with Gasteiger partial charge in [-0.1, -0.05) is 5.21 Å². The molecule has 0 unspecified atom stereocenters. The number of aromatic nitrogens is 3. The van der Waals surface area contributed by atoms with Gasteiger partial charge in [0.25, 0.3) is 0 Å². The lowest BCUT2D eigenvalue weighted by atomic mass is 10.2. The molecule has 3 N–H and O–H groups in total. The van der Waals surface area contributed by atoms with Crippen molar-refractivity contribution >= 4 is 0 Å². The third-order valence-corrected chi connectivity index (χ3v) is 0.956. The Kier molecular flexibility index (Phi) is 2.21. The van der Waals surface area contributed by atoms with Crippen LogP contribution in [-0.4, -0.2) is 22.0 Å². The largest absolute Gasteiger partial charge is 0.330 e. The van der Waals surface area contributed by atoms with Crippen LogP contribution in [0.3, 0.4) is 0 Å². The highest BCUT2D eigenvalue weighted by atomic mass is 15.3. The number of nitrogens with two attached hydrogens (primary N) is 1. The summed E-state index contributed by atoms with van der Waals surface area (Å²) >= 11 is 0. The zero-order valence-corrected chi connectivity index (χ0v) is 5.04. The van der Waals surface area contributed by atoms with Crippen LogP contribution in [0.5, 0.6) is 0 Å². The van der Waals surface area contributed by atoms with Crippen molar-refractivity contribution in [3.63, 3.8) is 0 Å². The van der Waals surface area contributed by atoms with Gasteiger partial charge in [0.05, 0.1) is 5.69 Å². The van der Waals surface area contributed by atoms with Gasteiger partial charge in [-0.15, -0.1) is 5.10 Å². The molecule has 0 saturated heterocycles. The minimum Gasteiger partial charge on any atom is -0.330 e. The fraction of sp³-hybridized carbons (Fsp3) is 0.400. The lowest BCUT2D eigenvalue weighted by Crippen LogP contribution is -1.98. The summed E-state index contributed by atoms with van der Waals surface area (Å²) in [6.45, 7) is 0.660. The minimum atomic E-state index is 0.660. The Balaban J connectivity index is 2.30. The number of hydrogen-bond donors (Lipinski definition) is 2. The predicted octanol–water partition coefficient (Wildman–Crippen LogP) is -0.294. The third kappa shape index (κ3) is 1.81. The highest BCUT2D eigenvalue weighted by molar-refractivity contribution is 5.04. The lowest BCUT2D eigenvalue weighted by molar-refractivity contribution is 0.904. The molecule has 9 heavy (non-hydrogen) atoms. The first-order valence-corrected chi connectivity index (χ1v) is 2.83. The first-order chi connectivity index (χ1) is 4.43. The van der Waals surface area contributed by atoms with Crippen molar-refractivity contribution in [3.8, 4) is 0 Å². The van der Waals surface area contributed by atoms with Crippen LogP contribution in [0.1, 0.15) is 12.1 Å². The molecule has 0 aliphatic rings. The Labute approximate surface area is 53.5 Å². The standard InChI is InChI=1S/C5H9N4/c6-3-1-2-5-4-7-9-8-5/h2,4H,1,3,6H2,(H,7,8,9). The first-order valence-electron chi connectivity index (χ1n) is 2.83. The number of aromatic amines is 1. The average molecular weight is 125 g/mol. The van der Waals surface area contributed by atoms with Crippen LogP contribution >= 0.6 is 0 Å². The van der Waals surface area contributed by atoms with E-state index in [0.717, 1.165) is 12.1 Å². The van der Waals surface area contributed by atoms with Crippen molar-refractivity contribution in [2.24, 2.45) is 5.73 Å². The zero-order chi connectivity index (χ0) is 6.53. The van der Waals surface area contributed by atoms with Crippen LogP contribution in [0.4, 0.5) is 0 Å². The zero-order valence-electron chi connectivity index (χ0n) is 5.04. The van der Waals surface area contributed by atoms with Crippen LogP contribution < -0.4 is 5.73 Å². The number of nitrogens with one attached hydrogen (secondary N) is 1. The molecule has 1 heterocycles. The molecule has 0 saturated carbocycles. The molecule has 0 aliphatic carbocycles. The van der Waals surface area contributed by atoms with Crippen molar-refractivity contribution in [1.29, 1.82) is 0 Å². The molecule has 0 bridgehead atoms. The summed E-state index contributed by atoms with van der Waals surface area (Å²) < 4.78 is 0. The Hall–Kier alpha value is -0.900. The van der Waals surface area contributed by atoms with E-state index in [0.29, 0.717) is 6.54 Å². The molecule has 1 radical (unpaired) electrons. The number of rotatable bonds is 3. The van der Waals surface area contributed by atoms with Gasteiger partial charge < -0.3 is 5.73 Å². The van der Waals surface area contributed by atoms with Gasteiger partial charge in [-0.05, 0) is 13.0 Å². The Morgan fingerprint density at radius 1 is 1.78 bits per heavy atom. The molecule has 0 fully saturated rings. The van der Waals surface area contributed by atoms with E-state index in [4.69, 9.17) is 5.73 Å². The lowest BCUT2D eigenvalue weighted by Gasteiger charge is -1.87. The highest BCUT2D eigenvalue weighted by Gasteiger charge is 1.92. The summed E-state index contributed by atoms with van der Waals surface area (Å²) in [4.78, 5) is 0. The summed E-state index contributed by atoms with van der Waals surface area (Å²) in [6.07, 6.45) is 4.52. The molecule has 1 aromatic rings. The normalized spacial score (nSPS) is 9.89. The number of hydrogen-bond acceptors (Lipinski definition) is 3. The predicted molar refractivity (Wildman–Crippen MR) is 33.5 cm³/mol. The van der Waals surface area contributed by atoms with E-state index in [1.165, 1.54) is 0 Å². The maximum atomic E-state index is 5.26. The fourth-order valence-electron chi connectivity index (χ4n) is 0.541. The van der Waals surface area contributed by atoms with E-state index in [9.17, 15) is 0 Å². The average Bonchev–Trinajstić information content (AvgIpc) is 2.34. The molecule has 0 aromatic carbocycles. The molecular weight excluding hydrogens is 116 g/mol. The molecule has 1 rings (SSSR count). The second-order valence-electron chi connectivity index (χ2n) is 1.68. The summed E-state index contributed by atoms with van der Waals surface area (Å²) in [7, 11) is 0. The van der Waals surface area contributed by atoms with Gasteiger partial charge in [-0.3, -0.25) is 5.10 Å². The van der Waals surface area contributed by atoms with Crippen LogP contribution in [0, 0.1) is 6.42 Å². The quantitative estimate of drug-likeness (QED) is 0.583. The smallest absolute Gasteiger partial charge is 0.0862 e. The summed E-state index contributed by atoms with van der Waals surface area (Å²) in [6, 6.07) is 0. The molecule has 0 atom stereocenters. The number of nitrogens with zero attached hydrogens (tertiary/aromatic N) is 2. The van der Waals surface area contributed by atoms with Crippen molar-refractivity contribution < 1.29 is 0 Å². The van der Waals surface area contributed by atoms with Gasteiger partial charge >= 0.3 is 0 Å². The monoisotopic (exact) mass is 125 g/mol. The van der Waals surface area contributed by atoms with Crippen molar-refractivity contribution in [3.05, 3.63) is 18.3 Å². The van der Waals surface area contributed by atoms with Gasteiger partial charge in [-0.2, -0.15) is 0 Å². The molecule has 4 heteroatoms. The highest BCUT2D eigenvalue weighted by Crippen LogP contribution is 1.95. The molecule has 0 amide bonds. The van der Waals surface area contributed by atoms with Crippen LogP contribution in [0.2, 0.25) is 0 Å². The van der Waals surface area contributed by atoms with E-state index in [1.807, 2.05) is 6.42 Å².